The zero-order valence-corrected chi connectivity index (χ0v) is 16.9. The second-order valence-corrected chi connectivity index (χ2v) is 7.20. The van der Waals surface area contributed by atoms with Crippen molar-refractivity contribution in [2.45, 2.75) is 12.8 Å². The van der Waals surface area contributed by atoms with Crippen molar-refractivity contribution in [1.82, 2.24) is 9.97 Å². The number of rotatable bonds is 7. The van der Waals surface area contributed by atoms with Crippen LogP contribution in [0.15, 0.2) is 77.7 Å². The number of carbonyl (C=O) groups is 1. The summed E-state index contributed by atoms with van der Waals surface area (Å²) in [5.41, 5.74) is 3.92. The van der Waals surface area contributed by atoms with Gasteiger partial charge in [-0.2, -0.15) is 0 Å². The van der Waals surface area contributed by atoms with Crippen LogP contribution in [0.5, 0.6) is 0 Å². The molecule has 1 aliphatic heterocycles. The van der Waals surface area contributed by atoms with Gasteiger partial charge in [0.05, 0.1) is 16.3 Å². The molecule has 0 saturated heterocycles. The van der Waals surface area contributed by atoms with E-state index in [1.807, 2.05) is 36.7 Å². The summed E-state index contributed by atoms with van der Waals surface area (Å²) in [4.78, 5) is 25.4. The Bertz CT molecular complexity index is 1090. The molecule has 0 radical (unpaired) electrons. The number of pyridine rings is 2. The van der Waals surface area contributed by atoms with E-state index < -0.39 is 0 Å². The van der Waals surface area contributed by atoms with Crippen molar-refractivity contribution in [2.75, 3.05) is 17.2 Å². The van der Waals surface area contributed by atoms with E-state index in [1.54, 1.807) is 36.7 Å². The number of hydrogen-bond acceptors (Lipinski definition) is 5. The van der Waals surface area contributed by atoms with Gasteiger partial charge in [-0.3, -0.25) is 14.8 Å². The van der Waals surface area contributed by atoms with Crippen LogP contribution in [0.1, 0.15) is 23.2 Å². The van der Waals surface area contributed by atoms with E-state index in [9.17, 15) is 4.79 Å². The van der Waals surface area contributed by atoms with Crippen LogP contribution in [0, 0.1) is 0 Å². The number of nitrogens with one attached hydrogen (secondary N) is 2. The van der Waals surface area contributed by atoms with Crippen molar-refractivity contribution in [3.8, 4) is 11.3 Å². The summed E-state index contributed by atoms with van der Waals surface area (Å²) in [7, 11) is 0. The standard InChI is InChI=1S/C23H20ClN5O/c24-20-6-5-18(13-19(20)21-3-1-2-10-26-21)29-23(30)17-4-7-22(28-15-17)27-12-9-16-8-11-25-14-16/h1-7,10-11,13-15H,8-9,12H2,(H,27,28)(H,29,30). The minimum Gasteiger partial charge on any atom is -0.370 e. The van der Waals surface area contributed by atoms with Crippen molar-refractivity contribution in [3.05, 3.63) is 83.3 Å². The first-order valence-corrected chi connectivity index (χ1v) is 9.98. The Hall–Kier alpha value is -3.51. The highest BCUT2D eigenvalue weighted by atomic mass is 35.5. The number of carbonyl (C=O) groups excluding carboxylic acids is 1. The minimum absolute atomic E-state index is 0.239. The molecule has 0 spiro atoms. The normalized spacial score (nSPS) is 12.5. The van der Waals surface area contributed by atoms with E-state index >= 15 is 0 Å². The van der Waals surface area contributed by atoms with E-state index in [4.69, 9.17) is 11.6 Å². The van der Waals surface area contributed by atoms with Crippen LogP contribution in [-0.2, 0) is 0 Å². The predicted molar refractivity (Wildman–Crippen MR) is 121 cm³/mol. The molecule has 30 heavy (non-hydrogen) atoms. The predicted octanol–water partition coefficient (Wildman–Crippen LogP) is 5.21. The largest absolute Gasteiger partial charge is 0.370 e. The lowest BCUT2D eigenvalue weighted by atomic mass is 10.1. The van der Waals surface area contributed by atoms with Crippen molar-refractivity contribution < 1.29 is 4.79 Å². The number of anilines is 2. The Balaban J connectivity index is 1.38. The topological polar surface area (TPSA) is 79.3 Å². The molecule has 4 rings (SSSR count). The van der Waals surface area contributed by atoms with Crippen LogP contribution in [-0.4, -0.2) is 28.6 Å². The van der Waals surface area contributed by atoms with Crippen LogP contribution in [0.25, 0.3) is 11.3 Å². The number of aliphatic imine (C=N–C) groups is 1. The Kier molecular flexibility index (Phi) is 6.15. The number of amides is 1. The summed E-state index contributed by atoms with van der Waals surface area (Å²) in [6.07, 6.45) is 8.90. The summed E-state index contributed by atoms with van der Waals surface area (Å²) in [5.74, 6) is 0.492. The molecule has 3 heterocycles. The van der Waals surface area contributed by atoms with Crippen LogP contribution in [0.2, 0.25) is 5.02 Å². The molecule has 0 atom stereocenters. The Labute approximate surface area is 179 Å². The Morgan fingerprint density at radius 3 is 2.77 bits per heavy atom. The molecule has 0 unspecified atom stereocenters. The SMILES string of the molecule is O=C(Nc1ccc(Cl)c(-c2ccccn2)c1)c1ccc(NCCC2=CN=CC2)nc1. The van der Waals surface area contributed by atoms with Gasteiger partial charge in [-0.25, -0.2) is 4.98 Å². The zero-order valence-electron chi connectivity index (χ0n) is 16.2. The highest BCUT2D eigenvalue weighted by molar-refractivity contribution is 6.33. The number of nitrogens with zero attached hydrogens (tertiary/aromatic N) is 3. The molecule has 2 aromatic heterocycles. The maximum absolute atomic E-state index is 12.6. The monoisotopic (exact) mass is 417 g/mol. The Morgan fingerprint density at radius 2 is 2.03 bits per heavy atom. The van der Waals surface area contributed by atoms with Gasteiger partial charge in [0.1, 0.15) is 5.82 Å². The third kappa shape index (κ3) is 4.90. The van der Waals surface area contributed by atoms with Crippen molar-refractivity contribution in [2.24, 2.45) is 4.99 Å². The zero-order chi connectivity index (χ0) is 20.8. The summed E-state index contributed by atoms with van der Waals surface area (Å²) in [6.45, 7) is 0.773. The molecular formula is C23H20ClN5O. The van der Waals surface area contributed by atoms with Crippen LogP contribution in [0.3, 0.4) is 0 Å². The smallest absolute Gasteiger partial charge is 0.257 e. The van der Waals surface area contributed by atoms with Crippen LogP contribution >= 0.6 is 11.6 Å². The molecule has 1 aromatic carbocycles. The molecule has 0 fully saturated rings. The molecule has 1 aliphatic rings. The molecule has 7 heteroatoms. The lowest BCUT2D eigenvalue weighted by Crippen LogP contribution is -2.13. The highest BCUT2D eigenvalue weighted by Gasteiger charge is 2.10. The van der Waals surface area contributed by atoms with Gasteiger partial charge in [-0.1, -0.05) is 17.7 Å². The summed E-state index contributed by atoms with van der Waals surface area (Å²) in [6, 6.07) is 14.5. The summed E-state index contributed by atoms with van der Waals surface area (Å²) in [5, 5.41) is 6.72. The van der Waals surface area contributed by atoms with E-state index in [0.29, 0.717) is 16.3 Å². The van der Waals surface area contributed by atoms with Crippen LogP contribution < -0.4 is 10.6 Å². The molecule has 0 bridgehead atoms. The first-order valence-electron chi connectivity index (χ1n) is 9.61. The quantitative estimate of drug-likeness (QED) is 0.553. The number of benzene rings is 1. The third-order valence-electron chi connectivity index (χ3n) is 4.66. The average Bonchev–Trinajstić information content (AvgIpc) is 3.30. The van der Waals surface area contributed by atoms with Gasteiger partial charge < -0.3 is 10.6 Å². The molecule has 3 aromatic rings. The van der Waals surface area contributed by atoms with Gasteiger partial charge in [0.25, 0.3) is 5.91 Å². The number of halogens is 1. The van der Waals surface area contributed by atoms with E-state index in [2.05, 4.69) is 25.6 Å². The molecule has 6 nitrogen and oxygen atoms in total. The second-order valence-electron chi connectivity index (χ2n) is 6.80. The van der Waals surface area contributed by atoms with Crippen LogP contribution in [0.4, 0.5) is 11.5 Å². The highest BCUT2D eigenvalue weighted by Crippen LogP contribution is 2.29. The first kappa shape index (κ1) is 19.8. The molecule has 0 aliphatic carbocycles. The van der Waals surface area contributed by atoms with Gasteiger partial charge >= 0.3 is 0 Å². The van der Waals surface area contributed by atoms with E-state index in [1.165, 1.54) is 5.57 Å². The average molecular weight is 418 g/mol. The first-order chi connectivity index (χ1) is 14.7. The maximum atomic E-state index is 12.6. The van der Waals surface area contributed by atoms with Crippen molar-refractivity contribution >= 4 is 35.2 Å². The number of aromatic nitrogens is 2. The van der Waals surface area contributed by atoms with Crippen molar-refractivity contribution in [1.29, 1.82) is 0 Å². The third-order valence-corrected chi connectivity index (χ3v) is 4.99. The molecular weight excluding hydrogens is 398 g/mol. The van der Waals surface area contributed by atoms with Gasteiger partial charge in [-0.15, -0.1) is 0 Å². The van der Waals surface area contributed by atoms with Gasteiger partial charge in [0.2, 0.25) is 0 Å². The van der Waals surface area contributed by atoms with Gasteiger partial charge in [-0.05, 0) is 54.5 Å². The van der Waals surface area contributed by atoms with Gasteiger partial charge in [0.15, 0.2) is 0 Å². The Morgan fingerprint density at radius 1 is 1.10 bits per heavy atom. The molecule has 1 amide bonds. The molecule has 150 valence electrons. The lowest BCUT2D eigenvalue weighted by Gasteiger charge is -2.10. The van der Waals surface area contributed by atoms with Crippen molar-refractivity contribution in [3.63, 3.8) is 0 Å². The van der Waals surface area contributed by atoms with E-state index in [-0.39, 0.29) is 5.91 Å². The maximum Gasteiger partial charge on any atom is 0.257 e. The fraction of sp³-hybridized carbons (Fsp3) is 0.130. The summed E-state index contributed by atoms with van der Waals surface area (Å²) >= 11 is 6.30. The van der Waals surface area contributed by atoms with E-state index in [0.717, 1.165) is 36.5 Å². The lowest BCUT2D eigenvalue weighted by molar-refractivity contribution is 0.102. The fourth-order valence-corrected chi connectivity index (χ4v) is 3.27. The molecule has 0 saturated carbocycles. The summed E-state index contributed by atoms with van der Waals surface area (Å²) < 4.78 is 0. The number of hydrogen-bond donors (Lipinski definition) is 2. The second kappa shape index (κ2) is 9.33. The fourth-order valence-electron chi connectivity index (χ4n) is 3.06. The van der Waals surface area contributed by atoms with Gasteiger partial charge in [0, 0.05) is 49.0 Å². The molecule has 2 N–H and O–H groups in total. The minimum atomic E-state index is -0.239.